The molecule has 34 heavy (non-hydrogen) atoms. The van der Waals surface area contributed by atoms with E-state index in [1.165, 1.54) is 0 Å². The highest BCUT2D eigenvalue weighted by molar-refractivity contribution is 6.06. The van der Waals surface area contributed by atoms with Gasteiger partial charge in [0.25, 0.3) is 5.91 Å². The van der Waals surface area contributed by atoms with E-state index in [0.29, 0.717) is 23.0 Å². The van der Waals surface area contributed by atoms with Gasteiger partial charge in [-0.3, -0.25) is 4.79 Å². The Morgan fingerprint density at radius 2 is 1.44 bits per heavy atom. The van der Waals surface area contributed by atoms with Gasteiger partial charge in [0.1, 0.15) is 11.6 Å². The maximum Gasteiger partial charge on any atom is 0.323 e. The number of amides is 3. The Morgan fingerprint density at radius 3 is 2.15 bits per heavy atom. The van der Waals surface area contributed by atoms with Gasteiger partial charge in [-0.1, -0.05) is 31.0 Å². The van der Waals surface area contributed by atoms with Crippen LogP contribution in [0.4, 0.5) is 36.3 Å². The smallest absolute Gasteiger partial charge is 0.323 e. The predicted octanol–water partition coefficient (Wildman–Crippen LogP) is 6.24. The first kappa shape index (κ1) is 23.2. The molecule has 0 radical (unpaired) electrons. The number of carbonyl (C=O) groups is 2. The third-order valence-electron chi connectivity index (χ3n) is 5.66. The van der Waals surface area contributed by atoms with Gasteiger partial charge in [0.15, 0.2) is 0 Å². The SMILES string of the molecule is O=C(Nc1ccc(F)cc1F)Nc1cc(NC(=O)c2ccccc2)ccc1N1CCCCCC1. The molecule has 0 atom stereocenters. The zero-order valence-corrected chi connectivity index (χ0v) is 18.6. The number of anilines is 4. The predicted molar refractivity (Wildman–Crippen MR) is 131 cm³/mol. The van der Waals surface area contributed by atoms with Crippen LogP contribution in [0.2, 0.25) is 0 Å². The number of rotatable bonds is 5. The van der Waals surface area contributed by atoms with Crippen molar-refractivity contribution in [2.75, 3.05) is 33.9 Å². The van der Waals surface area contributed by atoms with Gasteiger partial charge >= 0.3 is 6.03 Å². The summed E-state index contributed by atoms with van der Waals surface area (Å²) in [5.41, 5.74) is 2.18. The number of benzene rings is 3. The highest BCUT2D eigenvalue weighted by Crippen LogP contribution is 2.31. The average molecular weight is 465 g/mol. The quantitative estimate of drug-likeness (QED) is 0.418. The number of carbonyl (C=O) groups excluding carboxylic acids is 2. The number of urea groups is 1. The second-order valence-corrected chi connectivity index (χ2v) is 8.16. The standard InChI is InChI=1S/C26H26F2N4O2/c27-19-10-12-22(21(28)16-19)30-26(34)31-23-17-20(29-25(33)18-8-4-3-5-9-18)11-13-24(23)32-14-6-1-2-7-15-32/h3-5,8-13,16-17H,1-2,6-7,14-15H2,(H,29,33)(H2,30,31,34). The topological polar surface area (TPSA) is 73.5 Å². The summed E-state index contributed by atoms with van der Waals surface area (Å²) in [7, 11) is 0. The van der Waals surface area contributed by atoms with Gasteiger partial charge in [0.2, 0.25) is 0 Å². The van der Waals surface area contributed by atoms with E-state index < -0.39 is 17.7 Å². The van der Waals surface area contributed by atoms with E-state index in [1.54, 1.807) is 36.4 Å². The molecular weight excluding hydrogens is 438 g/mol. The van der Waals surface area contributed by atoms with Crippen molar-refractivity contribution >= 4 is 34.7 Å². The van der Waals surface area contributed by atoms with Gasteiger partial charge < -0.3 is 20.9 Å². The fourth-order valence-corrected chi connectivity index (χ4v) is 3.96. The van der Waals surface area contributed by atoms with Crippen LogP contribution < -0.4 is 20.9 Å². The molecule has 3 N–H and O–H groups in total. The Balaban J connectivity index is 1.57. The summed E-state index contributed by atoms with van der Waals surface area (Å²) < 4.78 is 27.2. The molecule has 0 saturated carbocycles. The third-order valence-corrected chi connectivity index (χ3v) is 5.66. The summed E-state index contributed by atoms with van der Waals surface area (Å²) in [6.07, 6.45) is 4.38. The molecule has 3 aromatic rings. The monoisotopic (exact) mass is 464 g/mol. The van der Waals surface area contributed by atoms with Crippen LogP contribution in [0.5, 0.6) is 0 Å². The summed E-state index contributed by atoms with van der Waals surface area (Å²) >= 11 is 0. The molecule has 3 aromatic carbocycles. The van der Waals surface area contributed by atoms with Crippen LogP contribution in [-0.2, 0) is 0 Å². The number of halogens is 2. The van der Waals surface area contributed by atoms with Gasteiger partial charge in [-0.15, -0.1) is 0 Å². The van der Waals surface area contributed by atoms with Gasteiger partial charge in [-0.05, 0) is 55.3 Å². The zero-order chi connectivity index (χ0) is 23.9. The lowest BCUT2D eigenvalue weighted by molar-refractivity contribution is 0.102. The first-order valence-corrected chi connectivity index (χ1v) is 11.3. The Kier molecular flexibility index (Phi) is 7.37. The number of hydrogen-bond acceptors (Lipinski definition) is 3. The lowest BCUT2D eigenvalue weighted by Gasteiger charge is -2.26. The molecule has 0 aliphatic carbocycles. The van der Waals surface area contributed by atoms with Crippen LogP contribution in [0.25, 0.3) is 0 Å². The van der Waals surface area contributed by atoms with E-state index in [0.717, 1.165) is 56.6 Å². The maximum absolute atomic E-state index is 14.0. The zero-order valence-electron chi connectivity index (χ0n) is 18.6. The van der Waals surface area contributed by atoms with E-state index in [-0.39, 0.29) is 11.6 Å². The van der Waals surface area contributed by atoms with E-state index in [2.05, 4.69) is 20.9 Å². The van der Waals surface area contributed by atoms with Crippen molar-refractivity contribution in [1.82, 2.24) is 0 Å². The molecule has 0 unspecified atom stereocenters. The second-order valence-electron chi connectivity index (χ2n) is 8.16. The first-order chi connectivity index (χ1) is 16.5. The molecule has 8 heteroatoms. The van der Waals surface area contributed by atoms with Crippen LogP contribution in [-0.4, -0.2) is 25.0 Å². The molecule has 0 spiro atoms. The van der Waals surface area contributed by atoms with Crippen molar-refractivity contribution < 1.29 is 18.4 Å². The minimum atomic E-state index is -0.869. The maximum atomic E-state index is 14.0. The van der Waals surface area contributed by atoms with Gasteiger partial charge in [-0.25, -0.2) is 13.6 Å². The lowest BCUT2D eigenvalue weighted by Crippen LogP contribution is -2.27. The molecule has 1 saturated heterocycles. The van der Waals surface area contributed by atoms with Gasteiger partial charge in [0.05, 0.1) is 17.1 Å². The molecule has 0 aromatic heterocycles. The first-order valence-electron chi connectivity index (χ1n) is 11.3. The van der Waals surface area contributed by atoms with E-state index in [9.17, 15) is 18.4 Å². The molecule has 176 valence electrons. The third kappa shape index (κ3) is 5.89. The number of nitrogens with zero attached hydrogens (tertiary/aromatic N) is 1. The van der Waals surface area contributed by atoms with Crippen molar-refractivity contribution in [2.45, 2.75) is 25.7 Å². The van der Waals surface area contributed by atoms with E-state index in [1.807, 2.05) is 12.1 Å². The average Bonchev–Trinajstić information content (AvgIpc) is 3.11. The number of nitrogens with one attached hydrogen (secondary N) is 3. The fraction of sp³-hybridized carbons (Fsp3) is 0.231. The van der Waals surface area contributed by atoms with Crippen LogP contribution >= 0.6 is 0 Å². The normalized spacial score (nSPS) is 13.6. The van der Waals surface area contributed by atoms with Crippen LogP contribution in [0.3, 0.4) is 0 Å². The highest BCUT2D eigenvalue weighted by atomic mass is 19.1. The molecule has 1 fully saturated rings. The van der Waals surface area contributed by atoms with Gasteiger partial charge in [0, 0.05) is 30.4 Å². The summed E-state index contributed by atoms with van der Waals surface area (Å²) in [5.74, 6) is -1.87. The Labute approximate surface area is 197 Å². The van der Waals surface area contributed by atoms with Crippen molar-refractivity contribution in [3.63, 3.8) is 0 Å². The fourth-order valence-electron chi connectivity index (χ4n) is 3.96. The molecule has 1 aliphatic rings. The molecular formula is C26H26F2N4O2. The molecule has 1 heterocycles. The Morgan fingerprint density at radius 1 is 0.735 bits per heavy atom. The molecule has 3 amide bonds. The van der Waals surface area contributed by atoms with Crippen LogP contribution in [0.1, 0.15) is 36.0 Å². The molecule has 0 bridgehead atoms. The molecule has 6 nitrogen and oxygen atoms in total. The molecule has 1 aliphatic heterocycles. The van der Waals surface area contributed by atoms with E-state index in [4.69, 9.17) is 0 Å². The van der Waals surface area contributed by atoms with Gasteiger partial charge in [-0.2, -0.15) is 0 Å². The van der Waals surface area contributed by atoms with Crippen LogP contribution in [0, 0.1) is 11.6 Å². The molecule has 4 rings (SSSR count). The van der Waals surface area contributed by atoms with E-state index >= 15 is 0 Å². The summed E-state index contributed by atoms with van der Waals surface area (Å²) in [4.78, 5) is 27.5. The number of hydrogen-bond donors (Lipinski definition) is 3. The largest absolute Gasteiger partial charge is 0.370 e. The van der Waals surface area contributed by atoms with Crippen molar-refractivity contribution in [2.24, 2.45) is 0 Å². The highest BCUT2D eigenvalue weighted by Gasteiger charge is 2.17. The second kappa shape index (κ2) is 10.8. The summed E-state index contributed by atoms with van der Waals surface area (Å²) in [5, 5.41) is 8.03. The Bertz CT molecular complexity index is 1160. The summed E-state index contributed by atoms with van der Waals surface area (Å²) in [6, 6.07) is 16.4. The minimum absolute atomic E-state index is 0.135. The summed E-state index contributed by atoms with van der Waals surface area (Å²) in [6.45, 7) is 1.69. The van der Waals surface area contributed by atoms with Crippen molar-refractivity contribution in [3.8, 4) is 0 Å². The Hall–Kier alpha value is -3.94. The minimum Gasteiger partial charge on any atom is -0.370 e. The van der Waals surface area contributed by atoms with Crippen molar-refractivity contribution in [3.05, 3.63) is 83.9 Å². The van der Waals surface area contributed by atoms with Crippen molar-refractivity contribution in [1.29, 1.82) is 0 Å². The van der Waals surface area contributed by atoms with Crippen LogP contribution in [0.15, 0.2) is 66.7 Å². The lowest BCUT2D eigenvalue weighted by atomic mass is 10.1.